The predicted octanol–water partition coefficient (Wildman–Crippen LogP) is 2.68. The molecule has 1 aliphatic rings. The molecule has 3 unspecified atom stereocenters. The van der Waals surface area contributed by atoms with Crippen LogP contribution in [0.1, 0.15) is 51.4 Å². The van der Waals surface area contributed by atoms with E-state index in [0.29, 0.717) is 5.92 Å². The fourth-order valence-electron chi connectivity index (χ4n) is 3.27. The summed E-state index contributed by atoms with van der Waals surface area (Å²) in [4.78, 5) is 0. The Morgan fingerprint density at radius 3 is 2.78 bits per heavy atom. The molecule has 1 saturated carbocycles. The van der Waals surface area contributed by atoms with Crippen LogP contribution in [-0.4, -0.2) is 15.3 Å². The van der Waals surface area contributed by atoms with Gasteiger partial charge in [-0.25, -0.2) is 0 Å². The first-order valence-electron chi connectivity index (χ1n) is 7.25. The van der Waals surface area contributed by atoms with Gasteiger partial charge in [0, 0.05) is 24.7 Å². The number of hydrogen-bond acceptors (Lipinski definition) is 2. The highest BCUT2D eigenvalue weighted by molar-refractivity contribution is 5.15. The smallest absolute Gasteiger partial charge is 0.0624 e. The third-order valence-corrected chi connectivity index (χ3v) is 4.70. The maximum Gasteiger partial charge on any atom is 0.0624 e. The number of hydrogen-bond donors (Lipinski definition) is 1. The van der Waals surface area contributed by atoms with Crippen molar-refractivity contribution in [3.63, 3.8) is 0 Å². The van der Waals surface area contributed by atoms with Crippen LogP contribution in [0.2, 0.25) is 0 Å². The Labute approximate surface area is 111 Å². The molecule has 0 saturated heterocycles. The molecule has 3 atom stereocenters. The van der Waals surface area contributed by atoms with Gasteiger partial charge in [0.05, 0.1) is 5.69 Å². The van der Waals surface area contributed by atoms with E-state index < -0.39 is 0 Å². The van der Waals surface area contributed by atoms with Gasteiger partial charge < -0.3 is 5.73 Å². The molecule has 2 N–H and O–H groups in total. The van der Waals surface area contributed by atoms with Crippen molar-refractivity contribution in [1.29, 1.82) is 0 Å². The summed E-state index contributed by atoms with van der Waals surface area (Å²) in [5.41, 5.74) is 9.12. The van der Waals surface area contributed by atoms with Crippen molar-refractivity contribution < 1.29 is 0 Å². The Hall–Kier alpha value is -0.830. The lowest BCUT2D eigenvalue weighted by Gasteiger charge is -2.42. The second-order valence-electron chi connectivity index (χ2n) is 6.30. The molecule has 102 valence electrons. The lowest BCUT2D eigenvalue weighted by atomic mass is 9.68. The number of aromatic nitrogens is 2. The Bertz CT molecular complexity index is 410. The Morgan fingerprint density at radius 2 is 2.17 bits per heavy atom. The van der Waals surface area contributed by atoms with Crippen LogP contribution in [0.5, 0.6) is 0 Å². The normalized spacial score (nSPS) is 32.7. The van der Waals surface area contributed by atoms with E-state index in [4.69, 9.17) is 5.73 Å². The zero-order valence-corrected chi connectivity index (χ0v) is 12.2. The predicted molar refractivity (Wildman–Crippen MR) is 75.4 cm³/mol. The van der Waals surface area contributed by atoms with E-state index in [1.54, 1.807) is 0 Å². The van der Waals surface area contributed by atoms with Crippen molar-refractivity contribution in [3.05, 3.63) is 17.5 Å². The first kappa shape index (κ1) is 13.6. The van der Waals surface area contributed by atoms with Gasteiger partial charge in [-0.3, -0.25) is 4.68 Å². The minimum absolute atomic E-state index is 0.0452. The zero-order valence-electron chi connectivity index (χ0n) is 12.2. The molecule has 0 bridgehead atoms. The summed E-state index contributed by atoms with van der Waals surface area (Å²) in [6.07, 6.45) is 5.68. The molecule has 1 aromatic rings. The van der Waals surface area contributed by atoms with E-state index >= 15 is 0 Å². The number of nitrogens with two attached hydrogens (primary N) is 1. The Morgan fingerprint density at radius 1 is 1.44 bits per heavy atom. The Balaban J connectivity index is 2.17. The van der Waals surface area contributed by atoms with Crippen molar-refractivity contribution in [2.24, 2.45) is 24.6 Å². The third-order valence-electron chi connectivity index (χ3n) is 4.70. The van der Waals surface area contributed by atoms with Gasteiger partial charge in [0.15, 0.2) is 0 Å². The monoisotopic (exact) mass is 249 g/mol. The fraction of sp³-hybridized carbons (Fsp3) is 0.800. The van der Waals surface area contributed by atoms with Crippen molar-refractivity contribution in [2.45, 2.75) is 58.4 Å². The molecule has 0 aromatic carbocycles. The van der Waals surface area contributed by atoms with Crippen molar-refractivity contribution in [1.82, 2.24) is 9.78 Å². The van der Waals surface area contributed by atoms with Crippen LogP contribution in [0, 0.1) is 11.8 Å². The van der Waals surface area contributed by atoms with Crippen LogP contribution >= 0.6 is 0 Å². The molecule has 0 radical (unpaired) electrons. The summed E-state index contributed by atoms with van der Waals surface area (Å²) < 4.78 is 2.01. The van der Waals surface area contributed by atoms with E-state index in [1.807, 2.05) is 11.7 Å². The van der Waals surface area contributed by atoms with Gasteiger partial charge in [-0.05, 0) is 37.2 Å². The number of rotatable bonds is 3. The molecule has 3 nitrogen and oxygen atoms in total. The molecule has 3 heteroatoms. The standard InChI is InChI=1S/C15H27N3/c1-5-13-8-14(18(4)17-13)10-15(16)9-11(2)6-7-12(15)3/h8,11-12H,5-7,9-10,16H2,1-4H3. The first-order chi connectivity index (χ1) is 8.44. The maximum atomic E-state index is 6.70. The van der Waals surface area contributed by atoms with E-state index in [2.05, 4.69) is 31.9 Å². The van der Waals surface area contributed by atoms with Gasteiger partial charge >= 0.3 is 0 Å². The van der Waals surface area contributed by atoms with E-state index in [9.17, 15) is 0 Å². The highest BCUT2D eigenvalue weighted by atomic mass is 15.3. The summed E-state index contributed by atoms with van der Waals surface area (Å²) in [6.45, 7) is 6.78. The van der Waals surface area contributed by atoms with E-state index in [0.717, 1.165) is 25.2 Å². The van der Waals surface area contributed by atoms with Gasteiger partial charge in [0.2, 0.25) is 0 Å². The average Bonchev–Trinajstić information content (AvgIpc) is 2.65. The average molecular weight is 249 g/mol. The quantitative estimate of drug-likeness (QED) is 0.895. The number of nitrogens with zero attached hydrogens (tertiary/aromatic N) is 2. The molecule has 0 amide bonds. The molecular weight excluding hydrogens is 222 g/mol. The lowest BCUT2D eigenvalue weighted by Crippen LogP contribution is -2.52. The van der Waals surface area contributed by atoms with Crippen LogP contribution in [0.15, 0.2) is 6.07 Å². The van der Waals surface area contributed by atoms with Crippen molar-refractivity contribution >= 4 is 0 Å². The van der Waals surface area contributed by atoms with Crippen LogP contribution in [0.4, 0.5) is 0 Å². The second-order valence-corrected chi connectivity index (χ2v) is 6.30. The molecule has 2 rings (SSSR count). The summed E-state index contributed by atoms with van der Waals surface area (Å²) in [7, 11) is 2.04. The SMILES string of the molecule is CCc1cc(CC2(N)CC(C)CCC2C)n(C)n1. The highest BCUT2D eigenvalue weighted by Gasteiger charge is 2.37. The second kappa shape index (κ2) is 5.04. The highest BCUT2D eigenvalue weighted by Crippen LogP contribution is 2.37. The third kappa shape index (κ3) is 2.61. The van der Waals surface area contributed by atoms with Crippen LogP contribution in [0.3, 0.4) is 0 Å². The van der Waals surface area contributed by atoms with E-state index in [1.165, 1.54) is 24.2 Å². The summed E-state index contributed by atoms with van der Waals surface area (Å²) in [6, 6.07) is 2.22. The lowest BCUT2D eigenvalue weighted by molar-refractivity contribution is 0.159. The summed E-state index contributed by atoms with van der Waals surface area (Å²) >= 11 is 0. The molecule has 1 aliphatic carbocycles. The first-order valence-corrected chi connectivity index (χ1v) is 7.25. The maximum absolute atomic E-state index is 6.70. The fourth-order valence-corrected chi connectivity index (χ4v) is 3.27. The molecule has 1 heterocycles. The van der Waals surface area contributed by atoms with Crippen LogP contribution in [0.25, 0.3) is 0 Å². The minimum atomic E-state index is -0.0452. The van der Waals surface area contributed by atoms with Gasteiger partial charge in [-0.1, -0.05) is 27.2 Å². The van der Waals surface area contributed by atoms with E-state index in [-0.39, 0.29) is 5.54 Å². The topological polar surface area (TPSA) is 43.8 Å². The molecule has 0 aliphatic heterocycles. The zero-order chi connectivity index (χ0) is 13.3. The van der Waals surface area contributed by atoms with Gasteiger partial charge in [-0.2, -0.15) is 5.10 Å². The minimum Gasteiger partial charge on any atom is -0.324 e. The van der Waals surface area contributed by atoms with Crippen molar-refractivity contribution in [3.8, 4) is 0 Å². The molecule has 1 aromatic heterocycles. The largest absolute Gasteiger partial charge is 0.324 e. The molecule has 0 spiro atoms. The van der Waals surface area contributed by atoms with Crippen LogP contribution < -0.4 is 5.73 Å². The number of aryl methyl sites for hydroxylation is 2. The summed E-state index contributed by atoms with van der Waals surface area (Å²) in [5.74, 6) is 1.36. The summed E-state index contributed by atoms with van der Waals surface area (Å²) in [5, 5.41) is 4.53. The molecule has 18 heavy (non-hydrogen) atoms. The van der Waals surface area contributed by atoms with Gasteiger partial charge in [0.25, 0.3) is 0 Å². The Kier molecular flexibility index (Phi) is 3.81. The van der Waals surface area contributed by atoms with Crippen molar-refractivity contribution in [2.75, 3.05) is 0 Å². The molecular formula is C15H27N3. The van der Waals surface area contributed by atoms with Gasteiger partial charge in [-0.15, -0.1) is 0 Å². The molecule has 1 fully saturated rings. The van der Waals surface area contributed by atoms with Gasteiger partial charge in [0.1, 0.15) is 0 Å². The van der Waals surface area contributed by atoms with Crippen LogP contribution in [-0.2, 0) is 19.9 Å².